The first-order chi connectivity index (χ1) is 8.13. The first-order valence-corrected chi connectivity index (χ1v) is 6.48. The van der Waals surface area contributed by atoms with Gasteiger partial charge in [-0.3, -0.25) is 9.69 Å². The lowest BCUT2D eigenvalue weighted by Gasteiger charge is -2.34. The molecule has 1 saturated heterocycles. The molecule has 17 heavy (non-hydrogen) atoms. The van der Waals surface area contributed by atoms with E-state index >= 15 is 0 Å². The second-order valence-corrected chi connectivity index (χ2v) is 4.71. The van der Waals surface area contributed by atoms with Crippen LogP contribution in [-0.4, -0.2) is 61.5 Å². The minimum atomic E-state index is 0.188. The number of nitrogens with one attached hydrogen (secondary N) is 1. The van der Waals surface area contributed by atoms with Crippen LogP contribution in [0.2, 0.25) is 0 Å². The van der Waals surface area contributed by atoms with Crippen molar-refractivity contribution in [2.24, 2.45) is 0 Å². The highest BCUT2D eigenvalue weighted by Gasteiger charge is 2.18. The number of carbonyl (C=O) groups excluding carboxylic acids is 1. The lowest BCUT2D eigenvalue weighted by molar-refractivity contribution is -0.130. The Labute approximate surface area is 105 Å². The van der Waals surface area contributed by atoms with Crippen LogP contribution in [0.1, 0.15) is 20.3 Å². The van der Waals surface area contributed by atoms with Crippen molar-refractivity contribution in [1.82, 2.24) is 15.1 Å². The van der Waals surface area contributed by atoms with Gasteiger partial charge < -0.3 is 10.2 Å². The van der Waals surface area contributed by atoms with E-state index in [9.17, 15) is 4.79 Å². The molecule has 0 aromatic carbocycles. The van der Waals surface area contributed by atoms with Crippen molar-refractivity contribution in [1.29, 1.82) is 0 Å². The fraction of sp³-hybridized carbons (Fsp3) is 0.769. The molecule has 0 atom stereocenters. The maximum absolute atomic E-state index is 11.2. The first kappa shape index (κ1) is 14.2. The van der Waals surface area contributed by atoms with Crippen LogP contribution in [0.3, 0.4) is 0 Å². The van der Waals surface area contributed by atoms with Gasteiger partial charge in [-0.15, -0.1) is 0 Å². The van der Waals surface area contributed by atoms with Crippen molar-refractivity contribution >= 4 is 5.91 Å². The average molecular weight is 239 g/mol. The summed E-state index contributed by atoms with van der Waals surface area (Å²) in [7, 11) is 0. The summed E-state index contributed by atoms with van der Waals surface area (Å²) in [5.74, 6) is 0.188. The Morgan fingerprint density at radius 1 is 1.29 bits per heavy atom. The Bertz CT molecular complexity index is 257. The molecule has 1 aliphatic rings. The summed E-state index contributed by atoms with van der Waals surface area (Å²) in [5.41, 5.74) is 1.23. The smallest absolute Gasteiger partial charge is 0.219 e. The molecule has 0 spiro atoms. The van der Waals surface area contributed by atoms with Gasteiger partial charge in [0.1, 0.15) is 0 Å². The third-order valence-electron chi connectivity index (χ3n) is 3.07. The molecular weight excluding hydrogens is 214 g/mol. The Kier molecular flexibility index (Phi) is 6.22. The van der Waals surface area contributed by atoms with E-state index in [4.69, 9.17) is 0 Å². The van der Waals surface area contributed by atoms with Crippen LogP contribution >= 0.6 is 0 Å². The zero-order valence-electron chi connectivity index (χ0n) is 11.2. The second kappa shape index (κ2) is 7.45. The molecule has 0 radical (unpaired) electrons. The summed E-state index contributed by atoms with van der Waals surface area (Å²) in [5, 5.41) is 3.36. The highest BCUT2D eigenvalue weighted by molar-refractivity contribution is 5.73. The molecule has 1 N–H and O–H groups in total. The quantitative estimate of drug-likeness (QED) is 0.547. The Morgan fingerprint density at radius 3 is 2.47 bits per heavy atom. The summed E-state index contributed by atoms with van der Waals surface area (Å²) in [6.45, 7) is 14.4. The lowest BCUT2D eigenvalue weighted by Crippen LogP contribution is -2.48. The molecule has 0 aromatic heterocycles. The summed E-state index contributed by atoms with van der Waals surface area (Å²) < 4.78 is 0. The largest absolute Gasteiger partial charge is 0.340 e. The van der Waals surface area contributed by atoms with Crippen molar-refractivity contribution < 1.29 is 4.79 Å². The number of carbonyl (C=O) groups is 1. The Balaban J connectivity index is 2.17. The predicted molar refractivity (Wildman–Crippen MR) is 71.0 cm³/mol. The fourth-order valence-corrected chi connectivity index (χ4v) is 2.03. The van der Waals surface area contributed by atoms with Crippen LogP contribution in [0.15, 0.2) is 12.2 Å². The van der Waals surface area contributed by atoms with Gasteiger partial charge >= 0.3 is 0 Å². The van der Waals surface area contributed by atoms with Gasteiger partial charge in [-0.25, -0.2) is 0 Å². The van der Waals surface area contributed by atoms with Crippen LogP contribution in [0, 0.1) is 0 Å². The monoisotopic (exact) mass is 239 g/mol. The molecule has 1 aliphatic heterocycles. The van der Waals surface area contributed by atoms with Crippen molar-refractivity contribution in [2.75, 3.05) is 45.8 Å². The molecule has 0 aliphatic carbocycles. The van der Waals surface area contributed by atoms with Gasteiger partial charge in [-0.2, -0.15) is 0 Å². The van der Waals surface area contributed by atoms with E-state index in [1.165, 1.54) is 5.57 Å². The van der Waals surface area contributed by atoms with E-state index in [1.807, 2.05) is 4.90 Å². The molecule has 0 saturated carbocycles. The van der Waals surface area contributed by atoms with Crippen LogP contribution < -0.4 is 5.32 Å². The van der Waals surface area contributed by atoms with Crippen LogP contribution in [-0.2, 0) is 4.79 Å². The SMILES string of the molecule is C=C(CNCCC)CN1CCN(C(C)=O)CC1. The zero-order valence-corrected chi connectivity index (χ0v) is 11.2. The van der Waals surface area contributed by atoms with Crippen LogP contribution in [0.25, 0.3) is 0 Å². The van der Waals surface area contributed by atoms with Crippen molar-refractivity contribution in [3.8, 4) is 0 Å². The normalized spacial score (nSPS) is 17.2. The van der Waals surface area contributed by atoms with Crippen molar-refractivity contribution in [3.63, 3.8) is 0 Å². The molecule has 1 heterocycles. The summed E-state index contributed by atoms with van der Waals surface area (Å²) in [4.78, 5) is 15.5. The van der Waals surface area contributed by atoms with E-state index in [0.29, 0.717) is 0 Å². The van der Waals surface area contributed by atoms with Gasteiger partial charge in [0, 0.05) is 46.2 Å². The Hall–Kier alpha value is -0.870. The van der Waals surface area contributed by atoms with Crippen LogP contribution in [0.5, 0.6) is 0 Å². The Morgan fingerprint density at radius 2 is 1.94 bits per heavy atom. The summed E-state index contributed by atoms with van der Waals surface area (Å²) in [6.07, 6.45) is 1.16. The van der Waals surface area contributed by atoms with Gasteiger partial charge in [-0.1, -0.05) is 13.5 Å². The van der Waals surface area contributed by atoms with Gasteiger partial charge in [0.2, 0.25) is 5.91 Å². The average Bonchev–Trinajstić information content (AvgIpc) is 2.30. The predicted octanol–water partition coefficient (Wildman–Crippen LogP) is 0.706. The minimum Gasteiger partial charge on any atom is -0.340 e. The van der Waals surface area contributed by atoms with Crippen LogP contribution in [0.4, 0.5) is 0 Å². The molecule has 4 heteroatoms. The fourth-order valence-electron chi connectivity index (χ4n) is 2.03. The third-order valence-corrected chi connectivity index (χ3v) is 3.07. The molecule has 0 bridgehead atoms. The van der Waals surface area contributed by atoms with E-state index in [1.54, 1.807) is 6.92 Å². The molecule has 1 fully saturated rings. The molecular formula is C13H25N3O. The maximum Gasteiger partial charge on any atom is 0.219 e. The molecule has 1 rings (SSSR count). The van der Waals surface area contributed by atoms with E-state index in [2.05, 4.69) is 23.7 Å². The number of amides is 1. The highest BCUT2D eigenvalue weighted by atomic mass is 16.2. The minimum absolute atomic E-state index is 0.188. The van der Waals surface area contributed by atoms with Gasteiger partial charge in [0.05, 0.1) is 0 Å². The topological polar surface area (TPSA) is 35.6 Å². The van der Waals surface area contributed by atoms with Gasteiger partial charge in [0.15, 0.2) is 0 Å². The summed E-state index contributed by atoms with van der Waals surface area (Å²) >= 11 is 0. The van der Waals surface area contributed by atoms with E-state index in [-0.39, 0.29) is 5.91 Å². The van der Waals surface area contributed by atoms with Gasteiger partial charge in [-0.05, 0) is 18.5 Å². The first-order valence-electron chi connectivity index (χ1n) is 6.48. The number of piperazine rings is 1. The summed E-state index contributed by atoms with van der Waals surface area (Å²) in [6, 6.07) is 0. The number of hydrogen-bond acceptors (Lipinski definition) is 3. The van der Waals surface area contributed by atoms with Crippen molar-refractivity contribution in [2.45, 2.75) is 20.3 Å². The van der Waals surface area contributed by atoms with Gasteiger partial charge in [0.25, 0.3) is 0 Å². The zero-order chi connectivity index (χ0) is 12.7. The standard InChI is InChI=1S/C13H25N3O/c1-4-5-14-10-12(2)11-15-6-8-16(9-7-15)13(3)17/h14H,2,4-11H2,1,3H3. The second-order valence-electron chi connectivity index (χ2n) is 4.71. The number of nitrogens with zero attached hydrogens (tertiary/aromatic N) is 2. The molecule has 0 unspecified atom stereocenters. The van der Waals surface area contributed by atoms with Crippen molar-refractivity contribution in [3.05, 3.63) is 12.2 Å². The third kappa shape index (κ3) is 5.33. The molecule has 4 nitrogen and oxygen atoms in total. The van der Waals surface area contributed by atoms with E-state index < -0.39 is 0 Å². The lowest BCUT2D eigenvalue weighted by atomic mass is 10.2. The maximum atomic E-state index is 11.2. The number of rotatable bonds is 6. The highest BCUT2D eigenvalue weighted by Crippen LogP contribution is 2.04. The van der Waals surface area contributed by atoms with E-state index in [0.717, 1.165) is 52.2 Å². The number of hydrogen-bond donors (Lipinski definition) is 1. The molecule has 0 aromatic rings. The molecule has 1 amide bonds. The molecule has 98 valence electrons.